The average molecular weight is 301 g/mol. The van der Waals surface area contributed by atoms with Crippen LogP contribution in [0.1, 0.15) is 28.2 Å². The molecule has 1 aliphatic carbocycles. The van der Waals surface area contributed by atoms with E-state index in [9.17, 15) is 4.79 Å². The average Bonchev–Trinajstić information content (AvgIpc) is 3.20. The normalized spacial score (nSPS) is 14.0. The zero-order valence-corrected chi connectivity index (χ0v) is 13.1. The molecule has 0 spiro atoms. The molecule has 1 heterocycles. The quantitative estimate of drug-likeness (QED) is 0.852. The van der Waals surface area contributed by atoms with Crippen LogP contribution >= 0.6 is 11.3 Å². The Kier molecular flexibility index (Phi) is 3.92. The lowest BCUT2D eigenvalue weighted by atomic mass is 10.1. The molecule has 4 nitrogen and oxygen atoms in total. The third kappa shape index (κ3) is 3.24. The molecule has 0 unspecified atom stereocenters. The van der Waals surface area contributed by atoms with E-state index in [0.717, 1.165) is 29.1 Å². The molecule has 0 aliphatic heterocycles. The minimum atomic E-state index is 0.108. The van der Waals surface area contributed by atoms with Gasteiger partial charge in [0.2, 0.25) is 0 Å². The van der Waals surface area contributed by atoms with E-state index in [1.54, 1.807) is 17.5 Å². The van der Waals surface area contributed by atoms with Crippen LogP contribution in [0.4, 0.5) is 5.69 Å². The molecule has 1 fully saturated rings. The van der Waals surface area contributed by atoms with Crippen LogP contribution in [0.15, 0.2) is 35.8 Å². The minimum Gasteiger partial charge on any atom is -0.378 e. The van der Waals surface area contributed by atoms with Gasteiger partial charge < -0.3 is 9.80 Å². The Balaban J connectivity index is 1.82. The molecular formula is C16H19N3OS. The number of aromatic nitrogens is 1. The fourth-order valence-corrected chi connectivity index (χ4v) is 2.93. The topological polar surface area (TPSA) is 36.4 Å². The van der Waals surface area contributed by atoms with E-state index in [0.29, 0.717) is 12.6 Å². The number of carbonyl (C=O) groups excluding carboxylic acids is 1. The number of thiazole rings is 1. The summed E-state index contributed by atoms with van der Waals surface area (Å²) in [5, 5.41) is 2.95. The van der Waals surface area contributed by atoms with Crippen molar-refractivity contribution in [2.45, 2.75) is 25.4 Å². The van der Waals surface area contributed by atoms with Gasteiger partial charge in [-0.1, -0.05) is 6.07 Å². The van der Waals surface area contributed by atoms with Crippen molar-refractivity contribution in [3.8, 4) is 0 Å². The first-order chi connectivity index (χ1) is 10.1. The lowest BCUT2D eigenvalue weighted by molar-refractivity contribution is 0.0730. The highest BCUT2D eigenvalue weighted by Gasteiger charge is 2.33. The molecule has 0 radical (unpaired) electrons. The van der Waals surface area contributed by atoms with Crippen LogP contribution in [-0.2, 0) is 6.54 Å². The molecule has 21 heavy (non-hydrogen) atoms. The van der Waals surface area contributed by atoms with Crippen LogP contribution in [0.3, 0.4) is 0 Å². The van der Waals surface area contributed by atoms with Gasteiger partial charge in [0, 0.05) is 43.0 Å². The van der Waals surface area contributed by atoms with E-state index in [1.807, 2.05) is 53.5 Å². The Morgan fingerprint density at radius 1 is 1.38 bits per heavy atom. The van der Waals surface area contributed by atoms with Crippen molar-refractivity contribution in [2.75, 3.05) is 19.0 Å². The van der Waals surface area contributed by atoms with E-state index in [-0.39, 0.29) is 5.91 Å². The van der Waals surface area contributed by atoms with Gasteiger partial charge in [0.15, 0.2) is 0 Å². The van der Waals surface area contributed by atoms with E-state index in [4.69, 9.17) is 0 Å². The molecule has 110 valence electrons. The molecule has 0 N–H and O–H groups in total. The zero-order chi connectivity index (χ0) is 14.8. The lowest BCUT2D eigenvalue weighted by Crippen LogP contribution is -2.32. The fourth-order valence-electron chi connectivity index (χ4n) is 2.31. The Labute approximate surface area is 129 Å². The number of amides is 1. The summed E-state index contributed by atoms with van der Waals surface area (Å²) in [5.74, 6) is 0.108. The van der Waals surface area contributed by atoms with Gasteiger partial charge in [0.05, 0.1) is 6.54 Å². The number of hydrogen-bond acceptors (Lipinski definition) is 4. The minimum absolute atomic E-state index is 0.108. The van der Waals surface area contributed by atoms with E-state index >= 15 is 0 Å². The third-order valence-corrected chi connectivity index (χ3v) is 4.41. The van der Waals surface area contributed by atoms with Crippen LogP contribution in [0.2, 0.25) is 0 Å². The molecule has 5 heteroatoms. The van der Waals surface area contributed by atoms with Gasteiger partial charge in [-0.3, -0.25) is 4.79 Å². The number of benzene rings is 1. The molecule has 1 amide bonds. The van der Waals surface area contributed by atoms with Gasteiger partial charge in [-0.15, -0.1) is 11.3 Å². The standard InChI is InChI=1S/C16H19N3OS/c1-18(2)14-5-3-4-12(10-14)16(20)19(13-6-7-13)11-15-17-8-9-21-15/h3-5,8-10,13H,6-7,11H2,1-2H3. The molecule has 3 rings (SSSR count). The second kappa shape index (κ2) is 5.85. The van der Waals surface area contributed by atoms with E-state index < -0.39 is 0 Å². The molecule has 1 saturated carbocycles. The van der Waals surface area contributed by atoms with Gasteiger partial charge in [-0.2, -0.15) is 0 Å². The van der Waals surface area contributed by atoms with Crippen molar-refractivity contribution in [1.29, 1.82) is 0 Å². The first kappa shape index (κ1) is 14.1. The summed E-state index contributed by atoms with van der Waals surface area (Å²) < 4.78 is 0. The summed E-state index contributed by atoms with van der Waals surface area (Å²) >= 11 is 1.60. The highest BCUT2D eigenvalue weighted by Crippen LogP contribution is 2.30. The predicted octanol–water partition coefficient (Wildman–Crippen LogP) is 3.01. The highest BCUT2D eigenvalue weighted by molar-refractivity contribution is 7.09. The SMILES string of the molecule is CN(C)c1cccc(C(=O)N(Cc2nccs2)C2CC2)c1. The molecule has 0 saturated heterocycles. The highest BCUT2D eigenvalue weighted by atomic mass is 32.1. The molecule has 1 aromatic carbocycles. The number of nitrogens with zero attached hydrogens (tertiary/aromatic N) is 3. The van der Waals surface area contributed by atoms with Crippen LogP contribution in [0.25, 0.3) is 0 Å². The maximum Gasteiger partial charge on any atom is 0.254 e. The van der Waals surface area contributed by atoms with Crippen molar-refractivity contribution >= 4 is 22.9 Å². The molecule has 2 aromatic rings. The van der Waals surface area contributed by atoms with Crippen molar-refractivity contribution in [1.82, 2.24) is 9.88 Å². The maximum absolute atomic E-state index is 12.8. The molecule has 0 atom stereocenters. The van der Waals surface area contributed by atoms with E-state index in [1.165, 1.54) is 0 Å². The Bertz CT molecular complexity index is 620. The van der Waals surface area contributed by atoms with Crippen LogP contribution in [0.5, 0.6) is 0 Å². The van der Waals surface area contributed by atoms with Gasteiger partial charge in [0.1, 0.15) is 5.01 Å². The van der Waals surface area contributed by atoms with Gasteiger partial charge in [-0.25, -0.2) is 4.98 Å². The predicted molar refractivity (Wildman–Crippen MR) is 85.8 cm³/mol. The maximum atomic E-state index is 12.8. The molecule has 0 bridgehead atoms. The number of anilines is 1. The van der Waals surface area contributed by atoms with Crippen LogP contribution in [0, 0.1) is 0 Å². The Morgan fingerprint density at radius 3 is 2.81 bits per heavy atom. The number of carbonyl (C=O) groups is 1. The Hall–Kier alpha value is -1.88. The van der Waals surface area contributed by atoms with Crippen molar-refractivity contribution in [2.24, 2.45) is 0 Å². The molecule has 1 aliphatic rings. The van der Waals surface area contributed by atoms with Crippen molar-refractivity contribution < 1.29 is 4.79 Å². The smallest absolute Gasteiger partial charge is 0.254 e. The van der Waals surface area contributed by atoms with Crippen molar-refractivity contribution in [3.05, 3.63) is 46.4 Å². The second-order valence-corrected chi connectivity index (χ2v) is 6.51. The summed E-state index contributed by atoms with van der Waals surface area (Å²) in [5.41, 5.74) is 1.80. The molecule has 1 aromatic heterocycles. The van der Waals surface area contributed by atoms with Gasteiger partial charge in [0.25, 0.3) is 5.91 Å². The monoisotopic (exact) mass is 301 g/mol. The van der Waals surface area contributed by atoms with Gasteiger partial charge in [-0.05, 0) is 31.0 Å². The zero-order valence-electron chi connectivity index (χ0n) is 12.3. The first-order valence-electron chi connectivity index (χ1n) is 7.12. The summed E-state index contributed by atoms with van der Waals surface area (Å²) in [7, 11) is 3.97. The summed E-state index contributed by atoms with van der Waals surface area (Å²) in [6.45, 7) is 0.618. The van der Waals surface area contributed by atoms with Crippen molar-refractivity contribution in [3.63, 3.8) is 0 Å². The molecular weight excluding hydrogens is 282 g/mol. The summed E-state index contributed by atoms with van der Waals surface area (Å²) in [6, 6.07) is 8.19. The van der Waals surface area contributed by atoms with Crippen LogP contribution in [-0.4, -0.2) is 35.9 Å². The first-order valence-corrected chi connectivity index (χ1v) is 8.00. The number of hydrogen-bond donors (Lipinski definition) is 0. The summed E-state index contributed by atoms with van der Waals surface area (Å²) in [6.07, 6.45) is 4.00. The van der Waals surface area contributed by atoms with Crippen LogP contribution < -0.4 is 4.90 Å². The lowest BCUT2D eigenvalue weighted by Gasteiger charge is -2.22. The summed E-state index contributed by atoms with van der Waals surface area (Å²) in [4.78, 5) is 21.1. The fraction of sp³-hybridized carbons (Fsp3) is 0.375. The van der Waals surface area contributed by atoms with E-state index in [2.05, 4.69) is 4.98 Å². The second-order valence-electron chi connectivity index (χ2n) is 5.53. The Morgan fingerprint density at radius 2 is 2.19 bits per heavy atom. The largest absolute Gasteiger partial charge is 0.378 e. The van der Waals surface area contributed by atoms with Gasteiger partial charge >= 0.3 is 0 Å². The number of rotatable bonds is 5. The third-order valence-electron chi connectivity index (χ3n) is 3.65.